The van der Waals surface area contributed by atoms with E-state index < -0.39 is 10.0 Å². The Morgan fingerprint density at radius 1 is 1.04 bits per heavy atom. The number of sulfonamides is 1. The summed E-state index contributed by atoms with van der Waals surface area (Å²) in [6.07, 6.45) is 2.54. The van der Waals surface area contributed by atoms with E-state index in [1.807, 2.05) is 0 Å². The average Bonchev–Trinajstić information content (AvgIpc) is 3.17. The van der Waals surface area contributed by atoms with Gasteiger partial charge in [-0.3, -0.25) is 4.79 Å². The summed E-state index contributed by atoms with van der Waals surface area (Å²) >= 11 is 12.0. The molecular formula is C19H20Cl2N2O3S. The van der Waals surface area contributed by atoms with Gasteiger partial charge in [-0.25, -0.2) is 8.42 Å². The number of carbonyl (C=O) groups excluding carboxylic acids is 1. The summed E-state index contributed by atoms with van der Waals surface area (Å²) in [6, 6.07) is 11.5. The van der Waals surface area contributed by atoms with Crippen LogP contribution < -0.4 is 5.32 Å². The summed E-state index contributed by atoms with van der Waals surface area (Å²) < 4.78 is 26.5. The molecule has 2 aromatic carbocycles. The van der Waals surface area contributed by atoms with Crippen molar-refractivity contribution in [3.05, 3.63) is 58.1 Å². The van der Waals surface area contributed by atoms with Crippen molar-refractivity contribution in [2.75, 3.05) is 18.4 Å². The monoisotopic (exact) mass is 426 g/mol. The molecule has 0 spiro atoms. The molecule has 0 saturated carbocycles. The molecule has 8 heteroatoms. The van der Waals surface area contributed by atoms with Gasteiger partial charge in [0.2, 0.25) is 15.9 Å². The number of anilines is 1. The van der Waals surface area contributed by atoms with Gasteiger partial charge in [0.15, 0.2) is 0 Å². The molecule has 27 heavy (non-hydrogen) atoms. The molecule has 144 valence electrons. The van der Waals surface area contributed by atoms with Crippen LogP contribution in [0.15, 0.2) is 47.4 Å². The Hall–Kier alpha value is -1.60. The van der Waals surface area contributed by atoms with Crippen LogP contribution in [0.25, 0.3) is 0 Å². The lowest BCUT2D eigenvalue weighted by Gasteiger charge is -2.15. The molecule has 1 heterocycles. The van der Waals surface area contributed by atoms with Gasteiger partial charge in [-0.05, 0) is 61.2 Å². The van der Waals surface area contributed by atoms with Gasteiger partial charge < -0.3 is 5.32 Å². The van der Waals surface area contributed by atoms with Gasteiger partial charge in [-0.1, -0.05) is 29.3 Å². The number of aryl methyl sites for hydroxylation is 1. The SMILES string of the molecule is O=C(CCc1ccc(Cl)cc1Cl)Nc1ccc(S(=O)(=O)N2CCCC2)cc1. The summed E-state index contributed by atoms with van der Waals surface area (Å²) in [7, 11) is -3.44. The molecule has 5 nitrogen and oxygen atoms in total. The lowest BCUT2D eigenvalue weighted by molar-refractivity contribution is -0.116. The highest BCUT2D eigenvalue weighted by atomic mass is 35.5. The van der Waals surface area contributed by atoms with Gasteiger partial charge in [-0.2, -0.15) is 4.31 Å². The summed E-state index contributed by atoms with van der Waals surface area (Å²) in [4.78, 5) is 12.4. The van der Waals surface area contributed by atoms with Crippen LogP contribution >= 0.6 is 23.2 Å². The molecule has 1 N–H and O–H groups in total. The quantitative estimate of drug-likeness (QED) is 0.746. The van der Waals surface area contributed by atoms with Crippen LogP contribution in [0.2, 0.25) is 10.0 Å². The van der Waals surface area contributed by atoms with E-state index in [4.69, 9.17) is 23.2 Å². The molecule has 0 aliphatic carbocycles. The zero-order chi connectivity index (χ0) is 19.4. The molecule has 1 saturated heterocycles. The predicted molar refractivity (Wildman–Crippen MR) is 108 cm³/mol. The van der Waals surface area contributed by atoms with Crippen molar-refractivity contribution < 1.29 is 13.2 Å². The molecule has 0 atom stereocenters. The van der Waals surface area contributed by atoms with Crippen molar-refractivity contribution in [1.29, 1.82) is 0 Å². The van der Waals surface area contributed by atoms with Crippen LogP contribution in [0.3, 0.4) is 0 Å². The van der Waals surface area contributed by atoms with Crippen molar-refractivity contribution in [1.82, 2.24) is 4.31 Å². The Morgan fingerprint density at radius 2 is 1.70 bits per heavy atom. The first kappa shape index (κ1) is 20.1. The zero-order valence-electron chi connectivity index (χ0n) is 14.6. The average molecular weight is 427 g/mol. The van der Waals surface area contributed by atoms with Crippen LogP contribution in [-0.4, -0.2) is 31.7 Å². The first-order valence-electron chi connectivity index (χ1n) is 8.70. The van der Waals surface area contributed by atoms with Crippen molar-refractivity contribution in [3.8, 4) is 0 Å². The van der Waals surface area contributed by atoms with E-state index in [0.717, 1.165) is 18.4 Å². The smallest absolute Gasteiger partial charge is 0.243 e. The molecule has 1 aliphatic rings. The van der Waals surface area contributed by atoms with Crippen LogP contribution in [0.4, 0.5) is 5.69 Å². The zero-order valence-corrected chi connectivity index (χ0v) is 16.9. The number of nitrogens with one attached hydrogen (secondary N) is 1. The maximum atomic E-state index is 12.5. The second-order valence-corrected chi connectivity index (χ2v) is 9.20. The minimum Gasteiger partial charge on any atom is -0.326 e. The first-order chi connectivity index (χ1) is 12.9. The maximum Gasteiger partial charge on any atom is 0.243 e. The van der Waals surface area contributed by atoms with Crippen molar-refractivity contribution in [2.45, 2.75) is 30.6 Å². The molecule has 3 rings (SSSR count). The predicted octanol–water partition coefficient (Wildman–Crippen LogP) is 4.35. The van der Waals surface area contributed by atoms with E-state index in [9.17, 15) is 13.2 Å². The molecule has 1 aliphatic heterocycles. The maximum absolute atomic E-state index is 12.5. The number of amides is 1. The standard InChI is InChI=1S/C19H20Cl2N2O3S/c20-15-5-3-14(18(21)13-15)4-10-19(24)22-16-6-8-17(9-7-16)27(25,26)23-11-1-2-12-23/h3,5-9,13H,1-2,4,10-12H2,(H,22,24). The molecule has 0 unspecified atom stereocenters. The van der Waals surface area contributed by atoms with Crippen LogP contribution in [0.5, 0.6) is 0 Å². The van der Waals surface area contributed by atoms with E-state index >= 15 is 0 Å². The fraction of sp³-hybridized carbons (Fsp3) is 0.316. The van der Waals surface area contributed by atoms with Crippen LogP contribution in [0, 0.1) is 0 Å². The van der Waals surface area contributed by atoms with Gasteiger partial charge in [0, 0.05) is 35.2 Å². The Bertz CT molecular complexity index is 924. The lowest BCUT2D eigenvalue weighted by atomic mass is 10.1. The number of halogens is 2. The van der Waals surface area contributed by atoms with E-state index in [-0.39, 0.29) is 17.2 Å². The highest BCUT2D eigenvalue weighted by Gasteiger charge is 2.26. The topological polar surface area (TPSA) is 66.5 Å². The van der Waals surface area contributed by atoms with Gasteiger partial charge >= 0.3 is 0 Å². The second kappa shape index (κ2) is 8.61. The van der Waals surface area contributed by atoms with Gasteiger partial charge in [0.25, 0.3) is 0 Å². The molecule has 1 amide bonds. The second-order valence-electron chi connectivity index (χ2n) is 6.42. The van der Waals surface area contributed by atoms with Gasteiger partial charge in [0.05, 0.1) is 4.90 Å². The number of hydrogen-bond acceptors (Lipinski definition) is 3. The van der Waals surface area contributed by atoms with Crippen molar-refractivity contribution in [3.63, 3.8) is 0 Å². The van der Waals surface area contributed by atoms with Crippen LogP contribution in [0.1, 0.15) is 24.8 Å². The molecule has 0 bridgehead atoms. The minimum absolute atomic E-state index is 0.170. The Morgan fingerprint density at radius 3 is 2.33 bits per heavy atom. The molecule has 0 radical (unpaired) electrons. The molecular weight excluding hydrogens is 407 g/mol. The Kier molecular flexibility index (Phi) is 6.42. The fourth-order valence-corrected chi connectivity index (χ4v) is 5.00. The summed E-state index contributed by atoms with van der Waals surface area (Å²) in [5, 5.41) is 3.86. The normalized spacial score (nSPS) is 15.0. The third kappa shape index (κ3) is 5.02. The molecule has 0 aromatic heterocycles. The summed E-state index contributed by atoms with van der Waals surface area (Å²) in [6.45, 7) is 1.13. The third-order valence-electron chi connectivity index (χ3n) is 4.48. The van der Waals surface area contributed by atoms with Gasteiger partial charge in [-0.15, -0.1) is 0 Å². The van der Waals surface area contributed by atoms with Crippen LogP contribution in [-0.2, 0) is 21.2 Å². The Balaban J connectivity index is 1.58. The Labute approximate surface area is 169 Å². The first-order valence-corrected chi connectivity index (χ1v) is 10.9. The largest absolute Gasteiger partial charge is 0.326 e. The highest BCUT2D eigenvalue weighted by molar-refractivity contribution is 7.89. The van der Waals surface area contributed by atoms with E-state index in [0.29, 0.717) is 35.2 Å². The van der Waals surface area contributed by atoms with Gasteiger partial charge in [0.1, 0.15) is 0 Å². The molecule has 2 aromatic rings. The molecule has 1 fully saturated rings. The number of nitrogens with zero attached hydrogens (tertiary/aromatic N) is 1. The minimum atomic E-state index is -3.44. The van der Waals surface area contributed by atoms with E-state index in [2.05, 4.69) is 5.32 Å². The third-order valence-corrected chi connectivity index (χ3v) is 6.98. The number of benzene rings is 2. The number of rotatable bonds is 6. The van der Waals surface area contributed by atoms with E-state index in [1.54, 1.807) is 30.3 Å². The summed E-state index contributed by atoms with van der Waals surface area (Å²) in [5.74, 6) is -0.170. The summed E-state index contributed by atoms with van der Waals surface area (Å²) in [5.41, 5.74) is 1.41. The number of hydrogen-bond donors (Lipinski definition) is 1. The van der Waals surface area contributed by atoms with Crippen molar-refractivity contribution in [2.24, 2.45) is 0 Å². The highest BCUT2D eigenvalue weighted by Crippen LogP contribution is 2.24. The number of carbonyl (C=O) groups is 1. The lowest BCUT2D eigenvalue weighted by Crippen LogP contribution is -2.27. The van der Waals surface area contributed by atoms with Crippen molar-refractivity contribution >= 4 is 44.8 Å². The van der Waals surface area contributed by atoms with E-state index in [1.165, 1.54) is 16.4 Å². The fourth-order valence-electron chi connectivity index (χ4n) is 2.98.